The number of rotatable bonds is 4. The molecule has 1 aliphatic heterocycles. The summed E-state index contributed by atoms with van der Waals surface area (Å²) in [6, 6.07) is 0. The van der Waals surface area contributed by atoms with Crippen LogP contribution in [0.2, 0.25) is 0 Å². The molecule has 3 atom stereocenters. The van der Waals surface area contributed by atoms with Gasteiger partial charge in [-0.3, -0.25) is 4.21 Å². The van der Waals surface area contributed by atoms with Crippen LogP contribution in [0.5, 0.6) is 0 Å². The minimum Gasteiger partial charge on any atom is -0.394 e. The maximum absolute atomic E-state index is 11.9. The second-order valence-corrected chi connectivity index (χ2v) is 7.17. The molecule has 14 heavy (non-hydrogen) atoms. The molecule has 0 radical (unpaired) electrons. The normalized spacial score (nSPS) is 35.5. The SMILES string of the molecule is CC[C@@]1(C[C@H](O)CO)SCCCS1=O. The fraction of sp³-hybridized carbons (Fsp3) is 1.00. The van der Waals surface area contributed by atoms with Crippen LogP contribution >= 0.6 is 11.8 Å². The van der Waals surface area contributed by atoms with Crippen LogP contribution in [0.25, 0.3) is 0 Å². The van der Waals surface area contributed by atoms with Gasteiger partial charge in [-0.25, -0.2) is 0 Å². The Morgan fingerprint density at radius 1 is 1.64 bits per heavy atom. The molecule has 84 valence electrons. The lowest BCUT2D eigenvalue weighted by Gasteiger charge is -2.36. The first-order chi connectivity index (χ1) is 6.64. The van der Waals surface area contributed by atoms with E-state index in [1.54, 1.807) is 11.8 Å². The molecule has 1 unspecified atom stereocenters. The molecule has 1 aliphatic rings. The average Bonchev–Trinajstić information content (AvgIpc) is 2.21. The van der Waals surface area contributed by atoms with Crippen molar-refractivity contribution in [1.29, 1.82) is 0 Å². The molecule has 0 aromatic carbocycles. The van der Waals surface area contributed by atoms with Gasteiger partial charge < -0.3 is 10.2 Å². The van der Waals surface area contributed by atoms with Crippen LogP contribution in [0.1, 0.15) is 26.2 Å². The van der Waals surface area contributed by atoms with Crippen molar-refractivity contribution < 1.29 is 14.4 Å². The summed E-state index contributed by atoms with van der Waals surface area (Å²) in [4.78, 5) is 0. The minimum absolute atomic E-state index is 0.237. The molecular weight excluding hydrogens is 220 g/mol. The van der Waals surface area contributed by atoms with E-state index >= 15 is 0 Å². The number of aliphatic hydroxyl groups is 2. The predicted octanol–water partition coefficient (Wildman–Crippen LogP) is 0.722. The third-order valence-electron chi connectivity index (χ3n) is 2.55. The number of hydrogen-bond acceptors (Lipinski definition) is 4. The van der Waals surface area contributed by atoms with Crippen molar-refractivity contribution in [2.75, 3.05) is 18.1 Å². The lowest BCUT2D eigenvalue weighted by molar-refractivity contribution is 0.0851. The zero-order valence-corrected chi connectivity index (χ0v) is 10.1. The molecule has 0 spiro atoms. The first-order valence-corrected chi connectivity index (χ1v) is 7.26. The summed E-state index contributed by atoms with van der Waals surface area (Å²) in [5.41, 5.74) is 0. The van der Waals surface area contributed by atoms with E-state index in [1.165, 1.54) is 0 Å². The molecular formula is C9H18O3S2. The zero-order valence-electron chi connectivity index (χ0n) is 8.44. The van der Waals surface area contributed by atoms with Gasteiger partial charge in [0.05, 0.1) is 16.8 Å². The largest absolute Gasteiger partial charge is 0.394 e. The van der Waals surface area contributed by atoms with Crippen molar-refractivity contribution in [3.8, 4) is 0 Å². The van der Waals surface area contributed by atoms with Crippen LogP contribution in [0, 0.1) is 0 Å². The summed E-state index contributed by atoms with van der Waals surface area (Å²) in [5.74, 6) is 1.75. The Kier molecular flexibility index (Phi) is 4.90. The van der Waals surface area contributed by atoms with Gasteiger partial charge >= 0.3 is 0 Å². The van der Waals surface area contributed by atoms with Gasteiger partial charge in [-0.05, 0) is 18.6 Å². The molecule has 3 nitrogen and oxygen atoms in total. The van der Waals surface area contributed by atoms with Crippen molar-refractivity contribution in [3.63, 3.8) is 0 Å². The van der Waals surface area contributed by atoms with E-state index in [9.17, 15) is 9.32 Å². The maximum Gasteiger partial charge on any atom is 0.0931 e. The quantitative estimate of drug-likeness (QED) is 0.758. The van der Waals surface area contributed by atoms with Gasteiger partial charge in [-0.2, -0.15) is 0 Å². The molecule has 1 saturated heterocycles. The monoisotopic (exact) mass is 238 g/mol. The van der Waals surface area contributed by atoms with E-state index in [0.717, 1.165) is 24.3 Å². The minimum atomic E-state index is -0.867. The van der Waals surface area contributed by atoms with Gasteiger partial charge in [0.1, 0.15) is 0 Å². The second-order valence-electron chi connectivity index (χ2n) is 3.56. The van der Waals surface area contributed by atoms with Crippen LogP contribution in [-0.4, -0.2) is 42.7 Å². The van der Waals surface area contributed by atoms with Gasteiger partial charge in [0, 0.05) is 23.0 Å². The van der Waals surface area contributed by atoms with Crippen molar-refractivity contribution >= 4 is 22.6 Å². The van der Waals surface area contributed by atoms with Crippen LogP contribution in [0.15, 0.2) is 0 Å². The molecule has 0 aromatic heterocycles. The smallest absolute Gasteiger partial charge is 0.0931 e. The van der Waals surface area contributed by atoms with E-state index in [2.05, 4.69) is 0 Å². The van der Waals surface area contributed by atoms with E-state index in [-0.39, 0.29) is 10.7 Å². The van der Waals surface area contributed by atoms with Gasteiger partial charge in [0.2, 0.25) is 0 Å². The average molecular weight is 238 g/mol. The summed E-state index contributed by atoms with van der Waals surface area (Å²) < 4.78 is 11.6. The van der Waals surface area contributed by atoms with E-state index < -0.39 is 16.9 Å². The van der Waals surface area contributed by atoms with Gasteiger partial charge in [0.25, 0.3) is 0 Å². The van der Waals surface area contributed by atoms with Crippen LogP contribution in [0.4, 0.5) is 0 Å². The van der Waals surface area contributed by atoms with Crippen molar-refractivity contribution in [1.82, 2.24) is 0 Å². The molecule has 1 heterocycles. The molecule has 0 saturated carbocycles. The number of hydrogen-bond donors (Lipinski definition) is 2. The number of thioether (sulfide) groups is 1. The highest BCUT2D eigenvalue weighted by atomic mass is 32.2. The lowest BCUT2D eigenvalue weighted by Crippen LogP contribution is -2.39. The summed E-state index contributed by atoms with van der Waals surface area (Å²) in [7, 11) is -0.867. The lowest BCUT2D eigenvalue weighted by atomic mass is 10.1. The van der Waals surface area contributed by atoms with Crippen molar-refractivity contribution in [3.05, 3.63) is 0 Å². The fourth-order valence-corrected chi connectivity index (χ4v) is 5.55. The first-order valence-electron chi connectivity index (χ1n) is 4.96. The molecule has 0 bridgehead atoms. The Morgan fingerprint density at radius 3 is 2.86 bits per heavy atom. The third-order valence-corrected chi connectivity index (χ3v) is 6.88. The van der Waals surface area contributed by atoms with Crippen LogP contribution in [0.3, 0.4) is 0 Å². The molecule has 2 N–H and O–H groups in total. The van der Waals surface area contributed by atoms with Gasteiger partial charge in [0.15, 0.2) is 0 Å². The van der Waals surface area contributed by atoms with Crippen LogP contribution < -0.4 is 0 Å². The Hall–Kier alpha value is 0.420. The zero-order chi connectivity index (χ0) is 10.6. The van der Waals surface area contributed by atoms with E-state index in [0.29, 0.717) is 6.42 Å². The summed E-state index contributed by atoms with van der Waals surface area (Å²) in [5, 5.41) is 18.2. The van der Waals surface area contributed by atoms with Crippen LogP contribution in [-0.2, 0) is 10.8 Å². The van der Waals surface area contributed by atoms with Gasteiger partial charge in [-0.1, -0.05) is 6.92 Å². The highest BCUT2D eigenvalue weighted by molar-refractivity contribution is 8.13. The second kappa shape index (κ2) is 5.49. The molecule has 1 rings (SSSR count). The predicted molar refractivity (Wildman–Crippen MR) is 60.8 cm³/mol. The topological polar surface area (TPSA) is 57.5 Å². The molecule has 0 aromatic rings. The fourth-order valence-electron chi connectivity index (χ4n) is 1.68. The molecule has 5 heteroatoms. The summed E-state index contributed by atoms with van der Waals surface area (Å²) >= 11 is 1.69. The maximum atomic E-state index is 11.9. The van der Waals surface area contributed by atoms with Gasteiger partial charge in [-0.15, -0.1) is 11.8 Å². The molecule has 1 fully saturated rings. The highest BCUT2D eigenvalue weighted by Crippen LogP contribution is 2.41. The molecule has 0 amide bonds. The number of aliphatic hydroxyl groups excluding tert-OH is 2. The molecule has 0 aliphatic carbocycles. The van der Waals surface area contributed by atoms with E-state index in [4.69, 9.17) is 5.11 Å². The van der Waals surface area contributed by atoms with Crippen molar-refractivity contribution in [2.24, 2.45) is 0 Å². The third kappa shape index (κ3) is 2.72. The van der Waals surface area contributed by atoms with Crippen molar-refractivity contribution in [2.45, 2.75) is 36.4 Å². The Balaban J connectivity index is 2.67. The Labute approximate surface area is 91.7 Å². The summed E-state index contributed by atoms with van der Waals surface area (Å²) in [6.07, 6.45) is 1.50. The summed E-state index contributed by atoms with van der Waals surface area (Å²) in [6.45, 7) is 1.76. The highest BCUT2D eigenvalue weighted by Gasteiger charge is 2.39. The van der Waals surface area contributed by atoms with E-state index in [1.807, 2.05) is 6.92 Å². The Morgan fingerprint density at radius 2 is 2.36 bits per heavy atom. The Bertz CT molecular complexity index is 210. The first kappa shape index (κ1) is 12.5. The standard InChI is InChI=1S/C9H18O3S2/c1-2-9(6-8(11)7-10)13-4-3-5-14(9)12/h8,10-11H,2-7H2,1H3/t8-,9+,14?/m0/s1.